The van der Waals surface area contributed by atoms with Crippen LogP contribution in [-0.2, 0) is 0 Å². The molecule has 2 aromatic rings. The molecule has 3 N–H and O–H groups in total. The highest BCUT2D eigenvalue weighted by Gasteiger charge is 2.22. The molecule has 0 radical (unpaired) electrons. The van der Waals surface area contributed by atoms with Gasteiger partial charge in [0.05, 0.1) is 24.8 Å². The van der Waals surface area contributed by atoms with E-state index in [0.29, 0.717) is 17.2 Å². The lowest BCUT2D eigenvalue weighted by Crippen LogP contribution is -1.94. The summed E-state index contributed by atoms with van der Waals surface area (Å²) >= 11 is 5.91. The Morgan fingerprint density at radius 3 is 2.56 bits per heavy atom. The maximum absolute atomic E-state index is 10.0. The van der Waals surface area contributed by atoms with E-state index in [1.165, 1.54) is 26.4 Å². The summed E-state index contributed by atoms with van der Waals surface area (Å²) in [6.45, 7) is 0. The number of methoxy groups -OCH3 is 2. The van der Waals surface area contributed by atoms with Crippen LogP contribution in [0.3, 0.4) is 0 Å². The third-order valence-electron chi connectivity index (χ3n) is 2.38. The van der Waals surface area contributed by atoms with Crippen LogP contribution in [0.4, 0.5) is 5.88 Å². The molecule has 7 heteroatoms. The highest BCUT2D eigenvalue weighted by molar-refractivity contribution is 6.32. The molecule has 0 spiro atoms. The van der Waals surface area contributed by atoms with E-state index in [-0.39, 0.29) is 22.2 Å². The van der Waals surface area contributed by atoms with Gasteiger partial charge in [0.25, 0.3) is 0 Å². The van der Waals surface area contributed by atoms with Crippen molar-refractivity contribution in [2.75, 3.05) is 20.0 Å². The molecule has 0 saturated carbocycles. The Kier molecular flexibility index (Phi) is 3.20. The standard InChI is InChI=1S/C11H11ClN2O4/c1-16-7-3-5(12)10(15)9(11(7)17-2)6-4-8(13)18-14-6/h3-4,15H,13H2,1-2H3. The lowest BCUT2D eigenvalue weighted by Gasteiger charge is -2.13. The minimum atomic E-state index is -0.178. The van der Waals surface area contributed by atoms with E-state index in [4.69, 9.17) is 31.3 Å². The zero-order chi connectivity index (χ0) is 13.3. The summed E-state index contributed by atoms with van der Waals surface area (Å²) in [7, 11) is 2.91. The van der Waals surface area contributed by atoms with E-state index in [2.05, 4.69) is 5.16 Å². The van der Waals surface area contributed by atoms with E-state index in [0.717, 1.165) is 0 Å². The number of benzene rings is 1. The second-order valence-electron chi connectivity index (χ2n) is 3.43. The first-order valence-corrected chi connectivity index (χ1v) is 5.32. The van der Waals surface area contributed by atoms with Crippen molar-refractivity contribution in [3.05, 3.63) is 17.2 Å². The summed E-state index contributed by atoms with van der Waals surface area (Å²) in [6, 6.07) is 2.90. The molecular formula is C11H11ClN2O4. The number of rotatable bonds is 3. The topological polar surface area (TPSA) is 90.7 Å². The SMILES string of the molecule is COc1cc(Cl)c(O)c(-c2cc(N)on2)c1OC. The Bertz CT molecular complexity index is 583. The van der Waals surface area contributed by atoms with Gasteiger partial charge in [0.1, 0.15) is 11.4 Å². The van der Waals surface area contributed by atoms with Gasteiger partial charge in [-0.3, -0.25) is 0 Å². The summed E-state index contributed by atoms with van der Waals surface area (Å²) in [5.74, 6) is 0.609. The van der Waals surface area contributed by atoms with Crippen molar-refractivity contribution in [1.82, 2.24) is 5.16 Å². The largest absolute Gasteiger partial charge is 0.506 e. The fourth-order valence-electron chi connectivity index (χ4n) is 1.60. The lowest BCUT2D eigenvalue weighted by molar-refractivity contribution is 0.352. The number of aromatic nitrogens is 1. The van der Waals surface area contributed by atoms with Crippen LogP contribution in [0.15, 0.2) is 16.7 Å². The minimum Gasteiger partial charge on any atom is -0.506 e. The number of phenols is 1. The Morgan fingerprint density at radius 1 is 1.33 bits per heavy atom. The lowest BCUT2D eigenvalue weighted by atomic mass is 10.1. The highest BCUT2D eigenvalue weighted by Crippen LogP contribution is 2.47. The number of phenolic OH excluding ortho intramolecular Hbond substituents is 1. The second-order valence-corrected chi connectivity index (χ2v) is 3.84. The van der Waals surface area contributed by atoms with Crippen molar-refractivity contribution in [2.45, 2.75) is 0 Å². The van der Waals surface area contributed by atoms with Crippen molar-refractivity contribution in [1.29, 1.82) is 0 Å². The molecule has 0 fully saturated rings. The monoisotopic (exact) mass is 270 g/mol. The molecule has 96 valence electrons. The van der Waals surface area contributed by atoms with Crippen LogP contribution in [0.2, 0.25) is 5.02 Å². The number of ether oxygens (including phenoxy) is 2. The summed E-state index contributed by atoms with van der Waals surface area (Å²) in [4.78, 5) is 0. The van der Waals surface area contributed by atoms with Gasteiger partial charge in [-0.2, -0.15) is 0 Å². The number of aromatic hydroxyl groups is 1. The predicted octanol–water partition coefficient (Wildman–Crippen LogP) is 2.30. The predicted molar refractivity (Wildman–Crippen MR) is 66.1 cm³/mol. The van der Waals surface area contributed by atoms with E-state index in [1.807, 2.05) is 0 Å². The average molecular weight is 271 g/mol. The number of halogens is 1. The molecule has 0 amide bonds. The number of nitrogens with zero attached hydrogens (tertiary/aromatic N) is 1. The van der Waals surface area contributed by atoms with E-state index >= 15 is 0 Å². The molecule has 0 saturated heterocycles. The van der Waals surface area contributed by atoms with Gasteiger partial charge >= 0.3 is 0 Å². The molecular weight excluding hydrogens is 260 g/mol. The minimum absolute atomic E-state index is 0.115. The van der Waals surface area contributed by atoms with Gasteiger partial charge in [-0.15, -0.1) is 0 Å². The molecule has 1 aromatic heterocycles. The van der Waals surface area contributed by atoms with Gasteiger partial charge in [-0.25, -0.2) is 0 Å². The quantitative estimate of drug-likeness (QED) is 0.889. The molecule has 6 nitrogen and oxygen atoms in total. The zero-order valence-electron chi connectivity index (χ0n) is 9.73. The Hall–Kier alpha value is -2.08. The van der Waals surface area contributed by atoms with Crippen molar-refractivity contribution in [3.63, 3.8) is 0 Å². The van der Waals surface area contributed by atoms with Gasteiger partial charge in [0.15, 0.2) is 11.5 Å². The Balaban J connectivity index is 2.74. The molecule has 0 unspecified atom stereocenters. The molecule has 0 aliphatic rings. The van der Waals surface area contributed by atoms with Gasteiger partial charge in [0, 0.05) is 12.1 Å². The van der Waals surface area contributed by atoms with Crippen molar-refractivity contribution in [2.24, 2.45) is 0 Å². The molecule has 1 aromatic carbocycles. The van der Waals surface area contributed by atoms with Crippen LogP contribution in [0.25, 0.3) is 11.3 Å². The smallest absolute Gasteiger partial charge is 0.222 e. The van der Waals surface area contributed by atoms with Crippen LogP contribution < -0.4 is 15.2 Å². The first-order chi connectivity index (χ1) is 8.58. The highest BCUT2D eigenvalue weighted by atomic mass is 35.5. The van der Waals surface area contributed by atoms with E-state index in [9.17, 15) is 5.11 Å². The Morgan fingerprint density at radius 2 is 2.06 bits per heavy atom. The maximum Gasteiger partial charge on any atom is 0.222 e. The second kappa shape index (κ2) is 4.66. The van der Waals surface area contributed by atoms with Gasteiger partial charge in [-0.1, -0.05) is 16.8 Å². The van der Waals surface area contributed by atoms with Crippen molar-refractivity contribution >= 4 is 17.5 Å². The van der Waals surface area contributed by atoms with Gasteiger partial charge in [-0.05, 0) is 0 Å². The summed E-state index contributed by atoms with van der Waals surface area (Å²) < 4.78 is 15.1. The van der Waals surface area contributed by atoms with Crippen molar-refractivity contribution < 1.29 is 19.1 Å². The number of nitrogens with two attached hydrogens (primary N) is 1. The van der Waals surface area contributed by atoms with Crippen molar-refractivity contribution in [3.8, 4) is 28.5 Å². The number of hydrogen-bond acceptors (Lipinski definition) is 6. The zero-order valence-corrected chi connectivity index (χ0v) is 10.5. The summed E-state index contributed by atoms with van der Waals surface area (Å²) in [5, 5.41) is 13.8. The van der Waals surface area contributed by atoms with Crippen LogP contribution in [0.1, 0.15) is 0 Å². The molecule has 2 rings (SSSR count). The summed E-state index contributed by atoms with van der Waals surface area (Å²) in [6.07, 6.45) is 0. The third-order valence-corrected chi connectivity index (χ3v) is 2.67. The molecule has 0 atom stereocenters. The average Bonchev–Trinajstić information content (AvgIpc) is 2.78. The first kappa shape index (κ1) is 12.4. The van der Waals surface area contributed by atoms with Crippen LogP contribution in [0, 0.1) is 0 Å². The van der Waals surface area contributed by atoms with Gasteiger partial charge in [0.2, 0.25) is 5.88 Å². The van der Waals surface area contributed by atoms with Gasteiger partial charge < -0.3 is 24.8 Å². The Labute approximate surface area is 108 Å². The van der Waals surface area contributed by atoms with Crippen LogP contribution >= 0.6 is 11.6 Å². The molecule has 0 aliphatic heterocycles. The molecule has 0 aliphatic carbocycles. The number of nitrogen functional groups attached to an aromatic ring is 1. The maximum atomic E-state index is 10.0. The van der Waals surface area contributed by atoms with Crippen LogP contribution in [-0.4, -0.2) is 24.5 Å². The number of anilines is 1. The van der Waals surface area contributed by atoms with E-state index in [1.54, 1.807) is 0 Å². The van der Waals surface area contributed by atoms with Crippen LogP contribution in [0.5, 0.6) is 17.2 Å². The molecule has 0 bridgehead atoms. The normalized spacial score (nSPS) is 10.4. The molecule has 18 heavy (non-hydrogen) atoms. The number of hydrogen-bond donors (Lipinski definition) is 2. The fraction of sp³-hybridized carbons (Fsp3) is 0.182. The summed E-state index contributed by atoms with van der Waals surface area (Å²) in [5.41, 5.74) is 6.02. The first-order valence-electron chi connectivity index (χ1n) is 4.94. The van der Waals surface area contributed by atoms with E-state index < -0.39 is 0 Å². The third kappa shape index (κ3) is 1.91. The molecule has 1 heterocycles. The fourth-order valence-corrected chi connectivity index (χ4v) is 1.79.